The average molecular weight is 362 g/mol. The molecule has 2 heterocycles. The Labute approximate surface area is 154 Å². The molecule has 1 aliphatic rings. The lowest BCUT2D eigenvalue weighted by Crippen LogP contribution is -2.21. The van der Waals surface area contributed by atoms with Gasteiger partial charge in [0.05, 0.1) is 24.3 Å². The van der Waals surface area contributed by atoms with Gasteiger partial charge in [0.1, 0.15) is 23.2 Å². The topological polar surface area (TPSA) is 96.9 Å². The summed E-state index contributed by atoms with van der Waals surface area (Å²) in [7, 11) is 1.56. The number of hydrogen-bond donors (Lipinski definition) is 2. The molecule has 6 nitrogen and oxygen atoms in total. The Morgan fingerprint density at radius 1 is 1.26 bits per heavy atom. The van der Waals surface area contributed by atoms with Crippen LogP contribution in [0.5, 0.6) is 11.6 Å². The SMILES string of the molecule is COc1cccc([C@H]2C(C#N)=C(N)Oc3n[nH]c(-c4ccccc4F)c32)c1. The van der Waals surface area contributed by atoms with E-state index in [1.807, 2.05) is 18.2 Å². The van der Waals surface area contributed by atoms with Crippen molar-refractivity contribution in [2.24, 2.45) is 5.73 Å². The van der Waals surface area contributed by atoms with Gasteiger partial charge in [-0.2, -0.15) is 5.26 Å². The van der Waals surface area contributed by atoms with E-state index in [-0.39, 0.29) is 17.3 Å². The molecule has 0 aliphatic carbocycles. The van der Waals surface area contributed by atoms with Gasteiger partial charge in [-0.3, -0.25) is 5.10 Å². The Morgan fingerprint density at radius 2 is 2.07 bits per heavy atom. The Hall–Kier alpha value is -3.79. The molecule has 27 heavy (non-hydrogen) atoms. The van der Waals surface area contributed by atoms with Crippen molar-refractivity contribution in [1.29, 1.82) is 5.26 Å². The van der Waals surface area contributed by atoms with Gasteiger partial charge < -0.3 is 15.2 Å². The van der Waals surface area contributed by atoms with E-state index in [1.54, 1.807) is 31.4 Å². The zero-order valence-corrected chi connectivity index (χ0v) is 14.4. The van der Waals surface area contributed by atoms with Crippen molar-refractivity contribution in [1.82, 2.24) is 10.2 Å². The summed E-state index contributed by atoms with van der Waals surface area (Å²) in [6.07, 6.45) is 0. The van der Waals surface area contributed by atoms with E-state index in [0.717, 1.165) is 5.56 Å². The van der Waals surface area contributed by atoms with Crippen LogP contribution < -0.4 is 15.2 Å². The van der Waals surface area contributed by atoms with Crippen LogP contribution in [0.3, 0.4) is 0 Å². The first-order valence-electron chi connectivity index (χ1n) is 8.18. The Bertz CT molecular complexity index is 1100. The molecule has 1 aromatic heterocycles. The second kappa shape index (κ2) is 6.50. The van der Waals surface area contributed by atoms with E-state index >= 15 is 0 Å². The lowest BCUT2D eigenvalue weighted by atomic mass is 9.83. The average Bonchev–Trinajstić information content (AvgIpc) is 3.10. The highest BCUT2D eigenvalue weighted by Gasteiger charge is 2.36. The van der Waals surface area contributed by atoms with Crippen molar-refractivity contribution in [2.75, 3.05) is 7.11 Å². The number of fused-ring (bicyclic) bond motifs is 1. The first kappa shape index (κ1) is 16.7. The standard InChI is InChI=1S/C20H15FN4O2/c1-26-12-6-4-5-11(9-12)16-14(10-22)19(23)27-20-17(16)18(24-25-20)13-7-2-3-8-15(13)21/h2-9,16H,23H2,1H3,(H,24,25)/t16-/m0/s1. The maximum absolute atomic E-state index is 14.4. The van der Waals surface area contributed by atoms with Crippen LogP contribution in [-0.4, -0.2) is 17.3 Å². The summed E-state index contributed by atoms with van der Waals surface area (Å²) in [4.78, 5) is 0. The number of nitrogens with two attached hydrogens (primary N) is 1. The molecule has 1 atom stereocenters. The fraction of sp³-hybridized carbons (Fsp3) is 0.100. The van der Waals surface area contributed by atoms with Gasteiger partial charge in [-0.1, -0.05) is 24.3 Å². The lowest BCUT2D eigenvalue weighted by Gasteiger charge is -2.24. The molecule has 7 heteroatoms. The summed E-state index contributed by atoms with van der Waals surface area (Å²) in [5, 5.41) is 16.7. The van der Waals surface area contributed by atoms with E-state index in [9.17, 15) is 9.65 Å². The molecular weight excluding hydrogens is 347 g/mol. The molecule has 3 N–H and O–H groups in total. The molecule has 4 rings (SSSR count). The number of nitrogens with one attached hydrogen (secondary N) is 1. The molecule has 0 radical (unpaired) electrons. The van der Waals surface area contributed by atoms with Gasteiger partial charge in [-0.25, -0.2) is 4.39 Å². The molecule has 0 saturated carbocycles. The summed E-state index contributed by atoms with van der Waals surface area (Å²) in [5.74, 6) is -0.147. The molecule has 0 spiro atoms. The second-order valence-electron chi connectivity index (χ2n) is 6.00. The van der Waals surface area contributed by atoms with Crippen LogP contribution >= 0.6 is 0 Å². The minimum absolute atomic E-state index is 0.0237. The number of benzene rings is 2. The third-order valence-corrected chi connectivity index (χ3v) is 4.51. The first-order chi connectivity index (χ1) is 13.1. The molecule has 1 aliphatic heterocycles. The summed E-state index contributed by atoms with van der Waals surface area (Å²) >= 11 is 0. The number of nitrogens with zero attached hydrogens (tertiary/aromatic N) is 2. The minimum Gasteiger partial charge on any atom is -0.497 e. The number of allylic oxidation sites excluding steroid dienone is 1. The normalized spacial score (nSPS) is 15.7. The van der Waals surface area contributed by atoms with Gasteiger partial charge in [-0.15, -0.1) is 5.10 Å². The lowest BCUT2D eigenvalue weighted by molar-refractivity contribution is 0.378. The summed E-state index contributed by atoms with van der Waals surface area (Å²) < 4.78 is 25.2. The molecule has 0 saturated heterocycles. The van der Waals surface area contributed by atoms with Gasteiger partial charge in [0, 0.05) is 5.56 Å². The highest BCUT2D eigenvalue weighted by atomic mass is 19.1. The predicted molar refractivity (Wildman–Crippen MR) is 96.3 cm³/mol. The van der Waals surface area contributed by atoms with Crippen molar-refractivity contribution < 1.29 is 13.9 Å². The number of rotatable bonds is 3. The molecule has 134 valence electrons. The van der Waals surface area contributed by atoms with Crippen LogP contribution in [0.4, 0.5) is 4.39 Å². The molecule has 0 unspecified atom stereocenters. The summed E-state index contributed by atoms with van der Waals surface area (Å²) in [6, 6.07) is 15.7. The summed E-state index contributed by atoms with van der Waals surface area (Å²) in [5.41, 5.74) is 8.28. The van der Waals surface area contributed by atoms with Crippen LogP contribution in [0.1, 0.15) is 17.0 Å². The largest absolute Gasteiger partial charge is 0.497 e. The Balaban J connectivity index is 1.97. The third kappa shape index (κ3) is 2.68. The number of nitriles is 1. The van der Waals surface area contributed by atoms with Crippen molar-refractivity contribution in [2.45, 2.75) is 5.92 Å². The van der Waals surface area contributed by atoms with E-state index < -0.39 is 11.7 Å². The quantitative estimate of drug-likeness (QED) is 0.744. The smallest absolute Gasteiger partial charge is 0.244 e. The van der Waals surface area contributed by atoms with Crippen molar-refractivity contribution in [3.05, 3.63) is 76.9 Å². The predicted octanol–water partition coefficient (Wildman–Crippen LogP) is 3.44. The molecule has 0 fully saturated rings. The highest BCUT2D eigenvalue weighted by Crippen LogP contribution is 2.46. The highest BCUT2D eigenvalue weighted by molar-refractivity contribution is 5.71. The number of aromatic amines is 1. The van der Waals surface area contributed by atoms with Crippen molar-refractivity contribution in [3.63, 3.8) is 0 Å². The Morgan fingerprint density at radius 3 is 2.81 bits per heavy atom. The van der Waals surface area contributed by atoms with Crippen molar-refractivity contribution >= 4 is 0 Å². The van der Waals surface area contributed by atoms with E-state index in [2.05, 4.69) is 16.3 Å². The zero-order valence-electron chi connectivity index (χ0n) is 14.4. The molecular formula is C20H15FN4O2. The second-order valence-corrected chi connectivity index (χ2v) is 6.00. The van der Waals surface area contributed by atoms with Crippen LogP contribution in [0.2, 0.25) is 0 Å². The van der Waals surface area contributed by atoms with E-state index in [1.165, 1.54) is 6.07 Å². The number of aromatic nitrogens is 2. The monoisotopic (exact) mass is 362 g/mol. The summed E-state index contributed by atoms with van der Waals surface area (Å²) in [6.45, 7) is 0. The van der Waals surface area contributed by atoms with Gasteiger partial charge in [0.25, 0.3) is 0 Å². The zero-order chi connectivity index (χ0) is 19.0. The van der Waals surface area contributed by atoms with E-state index in [0.29, 0.717) is 22.6 Å². The van der Waals surface area contributed by atoms with Gasteiger partial charge in [-0.05, 0) is 29.8 Å². The number of hydrogen-bond acceptors (Lipinski definition) is 5. The van der Waals surface area contributed by atoms with Gasteiger partial charge in [0.2, 0.25) is 11.8 Å². The molecule has 2 aromatic carbocycles. The number of methoxy groups -OCH3 is 1. The fourth-order valence-corrected chi connectivity index (χ4v) is 3.27. The fourth-order valence-electron chi connectivity index (χ4n) is 3.27. The number of halogens is 1. The van der Waals surface area contributed by atoms with Gasteiger partial charge in [0.15, 0.2) is 0 Å². The maximum Gasteiger partial charge on any atom is 0.244 e. The Kier molecular flexibility index (Phi) is 4.01. The number of H-pyrrole nitrogens is 1. The van der Waals surface area contributed by atoms with Crippen LogP contribution in [0.25, 0.3) is 11.3 Å². The third-order valence-electron chi connectivity index (χ3n) is 4.51. The van der Waals surface area contributed by atoms with Crippen LogP contribution in [-0.2, 0) is 0 Å². The molecule has 3 aromatic rings. The first-order valence-corrected chi connectivity index (χ1v) is 8.18. The van der Waals surface area contributed by atoms with Gasteiger partial charge >= 0.3 is 0 Å². The molecule has 0 bridgehead atoms. The van der Waals surface area contributed by atoms with E-state index in [4.69, 9.17) is 15.2 Å². The minimum atomic E-state index is -0.567. The molecule has 0 amide bonds. The number of ether oxygens (including phenoxy) is 2. The maximum atomic E-state index is 14.4. The van der Waals surface area contributed by atoms with Crippen LogP contribution in [0.15, 0.2) is 60.0 Å². The van der Waals surface area contributed by atoms with Crippen molar-refractivity contribution in [3.8, 4) is 29.0 Å². The van der Waals surface area contributed by atoms with Crippen LogP contribution in [0, 0.1) is 17.1 Å².